The van der Waals surface area contributed by atoms with Crippen molar-refractivity contribution in [1.29, 1.82) is 0 Å². The molecule has 1 saturated carbocycles. The number of hydrogen-bond donors (Lipinski definition) is 1. The molecule has 0 bridgehead atoms. The van der Waals surface area contributed by atoms with Crippen LogP contribution in [0.15, 0.2) is 23.1 Å². The fourth-order valence-electron chi connectivity index (χ4n) is 3.07. The summed E-state index contributed by atoms with van der Waals surface area (Å²) < 4.78 is 23.3. The first-order valence-electron chi connectivity index (χ1n) is 7.66. The molecule has 21 heavy (non-hydrogen) atoms. The molecule has 1 aliphatic carbocycles. The number of halogens is 1. The third-order valence-corrected chi connectivity index (χ3v) is 5.71. The van der Waals surface area contributed by atoms with Crippen LogP contribution in [0.2, 0.25) is 5.02 Å². The van der Waals surface area contributed by atoms with Gasteiger partial charge in [0.2, 0.25) is 0 Å². The Kier molecular flexibility index (Phi) is 5.55. The monoisotopic (exact) mass is 329 g/mol. The molecule has 118 valence electrons. The van der Waals surface area contributed by atoms with E-state index in [1.807, 2.05) is 0 Å². The van der Waals surface area contributed by atoms with Crippen LogP contribution in [0.25, 0.3) is 0 Å². The summed E-state index contributed by atoms with van der Waals surface area (Å²) in [7, 11) is -3.20. The van der Waals surface area contributed by atoms with Crippen molar-refractivity contribution in [3.05, 3.63) is 23.2 Å². The second-order valence-corrected chi connectivity index (χ2v) is 8.49. The van der Waals surface area contributed by atoms with Crippen LogP contribution in [-0.2, 0) is 9.84 Å². The zero-order valence-electron chi connectivity index (χ0n) is 12.7. The van der Waals surface area contributed by atoms with E-state index in [1.54, 1.807) is 18.2 Å². The van der Waals surface area contributed by atoms with E-state index in [0.29, 0.717) is 16.0 Å². The van der Waals surface area contributed by atoms with Crippen molar-refractivity contribution in [2.45, 2.75) is 56.4 Å². The number of hydrogen-bond acceptors (Lipinski definition) is 3. The van der Waals surface area contributed by atoms with Crippen LogP contribution < -0.4 is 5.32 Å². The molecule has 3 nitrogen and oxygen atoms in total. The maximum absolute atomic E-state index is 11.6. The highest BCUT2D eigenvalue weighted by Gasteiger charge is 2.21. The van der Waals surface area contributed by atoms with Crippen LogP contribution in [0, 0.1) is 5.92 Å². The zero-order chi connectivity index (χ0) is 15.5. The van der Waals surface area contributed by atoms with Gasteiger partial charge in [0.1, 0.15) is 0 Å². The molecule has 5 heteroatoms. The molecule has 0 saturated heterocycles. The molecule has 0 heterocycles. The van der Waals surface area contributed by atoms with E-state index in [4.69, 9.17) is 11.6 Å². The Balaban J connectivity index is 2.03. The summed E-state index contributed by atoms with van der Waals surface area (Å²) in [5.41, 5.74) is 0.735. The van der Waals surface area contributed by atoms with Crippen molar-refractivity contribution in [2.24, 2.45) is 5.92 Å². The number of anilines is 1. The van der Waals surface area contributed by atoms with Crippen LogP contribution in [0.1, 0.15) is 45.4 Å². The molecular weight excluding hydrogens is 306 g/mol. The van der Waals surface area contributed by atoms with E-state index in [0.717, 1.165) is 24.4 Å². The molecule has 0 aliphatic heterocycles. The molecule has 0 atom stereocenters. The lowest BCUT2D eigenvalue weighted by molar-refractivity contribution is 0.319. The van der Waals surface area contributed by atoms with Gasteiger partial charge in [-0.3, -0.25) is 0 Å². The van der Waals surface area contributed by atoms with Gasteiger partial charge in [0.15, 0.2) is 9.84 Å². The van der Waals surface area contributed by atoms with Gasteiger partial charge in [-0.25, -0.2) is 8.42 Å². The molecule has 1 aromatic carbocycles. The second kappa shape index (κ2) is 7.01. The SMILES string of the molecule is CCCC1CCC(Nc2cc(S(C)(=O)=O)ccc2Cl)CC1. The van der Waals surface area contributed by atoms with E-state index in [-0.39, 0.29) is 0 Å². The Morgan fingerprint density at radius 2 is 1.90 bits per heavy atom. The topological polar surface area (TPSA) is 46.2 Å². The number of benzene rings is 1. The standard InChI is InChI=1S/C16H24ClNO2S/c1-3-4-12-5-7-13(8-6-12)18-16-11-14(21(2,19)20)9-10-15(16)17/h9-13,18H,3-8H2,1-2H3. The normalized spacial score (nSPS) is 23.0. The summed E-state index contributed by atoms with van der Waals surface area (Å²) in [6.07, 6.45) is 8.54. The van der Waals surface area contributed by atoms with Crippen LogP contribution in [-0.4, -0.2) is 20.7 Å². The molecule has 1 aliphatic rings. The van der Waals surface area contributed by atoms with E-state index in [2.05, 4.69) is 12.2 Å². The predicted octanol–water partition coefficient (Wildman–Crippen LogP) is 4.51. The molecular formula is C16H24ClNO2S. The van der Waals surface area contributed by atoms with E-state index >= 15 is 0 Å². The van der Waals surface area contributed by atoms with Gasteiger partial charge in [-0.05, 0) is 49.8 Å². The fraction of sp³-hybridized carbons (Fsp3) is 0.625. The number of rotatable bonds is 5. The first-order valence-corrected chi connectivity index (χ1v) is 9.93. The van der Waals surface area contributed by atoms with Gasteiger partial charge in [-0.1, -0.05) is 31.4 Å². The van der Waals surface area contributed by atoms with Gasteiger partial charge in [0.25, 0.3) is 0 Å². The molecule has 0 unspecified atom stereocenters. The smallest absolute Gasteiger partial charge is 0.175 e. The second-order valence-electron chi connectivity index (χ2n) is 6.06. The molecule has 0 aromatic heterocycles. The Morgan fingerprint density at radius 1 is 1.24 bits per heavy atom. The van der Waals surface area contributed by atoms with Gasteiger partial charge >= 0.3 is 0 Å². The molecule has 2 rings (SSSR count). The van der Waals surface area contributed by atoms with Crippen LogP contribution in [0.4, 0.5) is 5.69 Å². The summed E-state index contributed by atoms with van der Waals surface area (Å²) >= 11 is 6.19. The Hall–Kier alpha value is -0.740. The first kappa shape index (κ1) is 16.6. The van der Waals surface area contributed by atoms with Crippen molar-refractivity contribution in [3.8, 4) is 0 Å². The van der Waals surface area contributed by atoms with Crippen LogP contribution in [0.3, 0.4) is 0 Å². The van der Waals surface area contributed by atoms with Gasteiger partial charge in [-0.15, -0.1) is 0 Å². The minimum Gasteiger partial charge on any atom is -0.381 e. The van der Waals surface area contributed by atoms with Crippen molar-refractivity contribution >= 4 is 27.1 Å². The Bertz CT molecular complexity index is 578. The third-order valence-electron chi connectivity index (χ3n) is 4.27. The first-order chi connectivity index (χ1) is 9.90. The van der Waals surface area contributed by atoms with Crippen molar-refractivity contribution < 1.29 is 8.42 Å². The van der Waals surface area contributed by atoms with Crippen LogP contribution >= 0.6 is 11.6 Å². The quantitative estimate of drug-likeness (QED) is 0.864. The Morgan fingerprint density at radius 3 is 2.48 bits per heavy atom. The minimum absolute atomic E-state index is 0.314. The molecule has 0 amide bonds. The average molecular weight is 330 g/mol. The summed E-state index contributed by atoms with van der Waals surface area (Å²) in [6, 6.07) is 5.25. The van der Waals surface area contributed by atoms with Crippen molar-refractivity contribution in [3.63, 3.8) is 0 Å². The largest absolute Gasteiger partial charge is 0.381 e. The average Bonchev–Trinajstić information content (AvgIpc) is 2.42. The summed E-state index contributed by atoms with van der Waals surface area (Å²) in [6.45, 7) is 2.24. The molecule has 1 aromatic rings. The van der Waals surface area contributed by atoms with E-state index in [1.165, 1.54) is 31.9 Å². The highest BCUT2D eigenvalue weighted by Crippen LogP contribution is 2.32. The van der Waals surface area contributed by atoms with Crippen molar-refractivity contribution in [2.75, 3.05) is 11.6 Å². The fourth-order valence-corrected chi connectivity index (χ4v) is 3.89. The highest BCUT2D eigenvalue weighted by atomic mass is 35.5. The van der Waals surface area contributed by atoms with E-state index < -0.39 is 9.84 Å². The maximum atomic E-state index is 11.6. The summed E-state index contributed by atoms with van der Waals surface area (Å²) in [5.74, 6) is 0.853. The predicted molar refractivity (Wildman–Crippen MR) is 88.8 cm³/mol. The van der Waals surface area contributed by atoms with Gasteiger partial charge in [0.05, 0.1) is 15.6 Å². The highest BCUT2D eigenvalue weighted by molar-refractivity contribution is 7.90. The van der Waals surface area contributed by atoms with Gasteiger partial charge < -0.3 is 5.32 Å². The lowest BCUT2D eigenvalue weighted by Gasteiger charge is -2.30. The molecule has 0 spiro atoms. The Labute approximate surface area is 133 Å². The maximum Gasteiger partial charge on any atom is 0.175 e. The molecule has 1 N–H and O–H groups in total. The zero-order valence-corrected chi connectivity index (χ0v) is 14.3. The third kappa shape index (κ3) is 4.62. The lowest BCUT2D eigenvalue weighted by atomic mass is 9.83. The summed E-state index contributed by atoms with van der Waals surface area (Å²) in [5, 5.41) is 4.01. The van der Waals surface area contributed by atoms with Gasteiger partial charge in [0, 0.05) is 12.3 Å². The van der Waals surface area contributed by atoms with Crippen LogP contribution in [0.5, 0.6) is 0 Å². The number of nitrogens with one attached hydrogen (secondary N) is 1. The number of sulfone groups is 1. The van der Waals surface area contributed by atoms with Gasteiger partial charge in [-0.2, -0.15) is 0 Å². The molecule has 1 fully saturated rings. The lowest BCUT2D eigenvalue weighted by Crippen LogP contribution is -2.26. The molecule has 0 radical (unpaired) electrons. The minimum atomic E-state index is -3.20. The summed E-state index contributed by atoms with van der Waals surface area (Å²) in [4.78, 5) is 0.314. The van der Waals surface area contributed by atoms with E-state index in [9.17, 15) is 8.42 Å². The van der Waals surface area contributed by atoms with Crippen molar-refractivity contribution in [1.82, 2.24) is 0 Å².